The van der Waals surface area contributed by atoms with Crippen LogP contribution in [0.5, 0.6) is 5.75 Å². The monoisotopic (exact) mass is 836 g/mol. The SMILES string of the molecule is C[C@@H](C(=O)Cc1ccc(-c2ccn3nc(N(C(=O)OCOC(=O)[C@@H](N)C(C)(C)C)c4ccc(C(=O)N5CC(F)C5)cc4OCC(F)(F)F)nc3c2)cc1)c1ccc(F)cc1. The van der Waals surface area contributed by atoms with Gasteiger partial charge in [0.05, 0.1) is 18.8 Å². The van der Waals surface area contributed by atoms with Gasteiger partial charge in [-0.05, 0) is 70.1 Å². The van der Waals surface area contributed by atoms with Crippen molar-refractivity contribution in [3.63, 3.8) is 0 Å². The lowest BCUT2D eigenvalue weighted by molar-refractivity contribution is -0.156. The fourth-order valence-electron chi connectivity index (χ4n) is 6.06. The highest BCUT2D eigenvalue weighted by atomic mass is 19.4. The second-order valence-corrected chi connectivity index (χ2v) is 15.3. The van der Waals surface area contributed by atoms with E-state index >= 15 is 0 Å². The van der Waals surface area contributed by atoms with E-state index in [0.29, 0.717) is 16.0 Å². The number of ketones is 1. The van der Waals surface area contributed by atoms with E-state index in [2.05, 4.69) is 10.1 Å². The molecule has 0 aliphatic carbocycles. The number of carbonyl (C=O) groups excluding carboxylic acids is 4. The highest BCUT2D eigenvalue weighted by Crippen LogP contribution is 2.37. The predicted octanol–water partition coefficient (Wildman–Crippen LogP) is 7.33. The first-order valence-electron chi connectivity index (χ1n) is 18.7. The molecule has 1 aliphatic heterocycles. The fourth-order valence-corrected chi connectivity index (χ4v) is 6.06. The number of nitrogens with two attached hydrogens (primary N) is 1. The number of hydrogen-bond acceptors (Lipinski definition) is 10. The Kier molecular flexibility index (Phi) is 12.5. The molecule has 1 aliphatic rings. The van der Waals surface area contributed by atoms with Gasteiger partial charge in [-0.1, -0.05) is 64.1 Å². The number of pyridine rings is 1. The number of ether oxygens (including phenoxy) is 3. The van der Waals surface area contributed by atoms with Crippen LogP contribution in [0.15, 0.2) is 85.1 Å². The largest absolute Gasteiger partial charge is 0.482 e. The van der Waals surface area contributed by atoms with Gasteiger partial charge in [0.15, 0.2) is 12.3 Å². The zero-order valence-corrected chi connectivity index (χ0v) is 32.9. The number of esters is 1. The van der Waals surface area contributed by atoms with Crippen molar-refractivity contribution in [3.8, 4) is 16.9 Å². The molecule has 0 saturated carbocycles. The molecule has 0 spiro atoms. The number of anilines is 2. The Morgan fingerprint density at radius 1 is 0.917 bits per heavy atom. The van der Waals surface area contributed by atoms with Crippen molar-refractivity contribution in [2.45, 2.75) is 58.4 Å². The van der Waals surface area contributed by atoms with Crippen molar-refractivity contribution in [2.75, 3.05) is 31.4 Å². The fraction of sp³-hybridized carbons (Fsp3) is 0.333. The molecule has 13 nitrogen and oxygen atoms in total. The second-order valence-electron chi connectivity index (χ2n) is 15.3. The van der Waals surface area contributed by atoms with Gasteiger partial charge >= 0.3 is 18.2 Å². The molecular formula is C42H41F5N6O7. The average Bonchev–Trinajstić information content (AvgIpc) is 3.61. The standard InChI is InChI=1S/C42H41F5N6O7/c1-24(26-9-12-30(43)13-10-26)33(54)17-25-5-7-27(8-6-25)28-15-16-52-35(19-28)49-39(50-52)53(40(57)60-23-59-38(56)36(48)41(2,3)4)32-14-11-29(37(55)51-20-31(44)21-51)18-34(32)58-22-42(45,46)47/h5-16,18-19,24,31,36H,17,20-23,48H2,1-4H3/t24-,36-/m1/s1. The lowest BCUT2D eigenvalue weighted by atomic mass is 9.87. The Morgan fingerprint density at radius 3 is 2.23 bits per heavy atom. The minimum absolute atomic E-state index is 0.0548. The highest BCUT2D eigenvalue weighted by Gasteiger charge is 2.35. The van der Waals surface area contributed by atoms with Gasteiger partial charge < -0.3 is 24.8 Å². The Hall–Kier alpha value is -6.43. The number of rotatable bonds is 13. The maximum atomic E-state index is 13.8. The van der Waals surface area contributed by atoms with Gasteiger partial charge in [-0.2, -0.15) is 18.2 Å². The van der Waals surface area contributed by atoms with E-state index in [1.807, 2.05) is 0 Å². The van der Waals surface area contributed by atoms with Crippen molar-refractivity contribution in [3.05, 3.63) is 108 Å². The van der Waals surface area contributed by atoms with Crippen LogP contribution in [0.25, 0.3) is 16.8 Å². The number of carbonyl (C=O) groups is 4. The highest BCUT2D eigenvalue weighted by molar-refractivity contribution is 5.99. The molecular weight excluding hydrogens is 795 g/mol. The summed E-state index contributed by atoms with van der Waals surface area (Å²) in [7, 11) is 0. The first-order valence-corrected chi connectivity index (χ1v) is 18.7. The summed E-state index contributed by atoms with van der Waals surface area (Å²) in [5.74, 6) is -3.46. The van der Waals surface area contributed by atoms with Crippen LogP contribution in [0.2, 0.25) is 0 Å². The van der Waals surface area contributed by atoms with Crippen molar-refractivity contribution in [1.82, 2.24) is 19.5 Å². The molecule has 5 aromatic rings. The van der Waals surface area contributed by atoms with Gasteiger partial charge in [-0.3, -0.25) is 14.4 Å². The van der Waals surface area contributed by atoms with Crippen LogP contribution >= 0.6 is 0 Å². The molecule has 0 radical (unpaired) electrons. The molecule has 2 aromatic heterocycles. The number of aromatic nitrogens is 3. The molecule has 3 aromatic carbocycles. The third-order valence-corrected chi connectivity index (χ3v) is 9.76. The first-order chi connectivity index (χ1) is 28.3. The third kappa shape index (κ3) is 10.2. The quantitative estimate of drug-likeness (QED) is 0.0723. The van der Waals surface area contributed by atoms with E-state index in [-0.39, 0.29) is 42.2 Å². The van der Waals surface area contributed by atoms with Crippen LogP contribution in [-0.4, -0.2) is 88.1 Å². The number of benzene rings is 3. The van der Waals surface area contributed by atoms with Crippen molar-refractivity contribution >= 4 is 41.0 Å². The molecule has 2 amide bonds. The zero-order chi connectivity index (χ0) is 43.5. The minimum Gasteiger partial charge on any atom is -0.482 e. The van der Waals surface area contributed by atoms with Crippen molar-refractivity contribution in [1.29, 1.82) is 0 Å². The lowest BCUT2D eigenvalue weighted by Crippen LogP contribution is -2.51. The Labute approximate surface area is 340 Å². The summed E-state index contributed by atoms with van der Waals surface area (Å²) < 4.78 is 84.1. The van der Waals surface area contributed by atoms with E-state index in [9.17, 15) is 41.1 Å². The number of nitrogens with zero attached hydrogens (tertiary/aromatic N) is 5. The van der Waals surface area contributed by atoms with Crippen LogP contribution in [-0.2, 0) is 25.5 Å². The summed E-state index contributed by atoms with van der Waals surface area (Å²) in [6, 6.07) is 18.5. The van der Waals surface area contributed by atoms with E-state index in [1.54, 1.807) is 76.2 Å². The van der Waals surface area contributed by atoms with E-state index < -0.39 is 78.6 Å². The predicted molar refractivity (Wildman–Crippen MR) is 208 cm³/mol. The number of hydrogen-bond donors (Lipinski definition) is 1. The molecule has 3 heterocycles. The number of Topliss-reactive ketones (excluding diaryl/α,β-unsaturated/α-hetero) is 1. The lowest BCUT2D eigenvalue weighted by Gasteiger charge is -2.34. The molecule has 1 fully saturated rings. The van der Waals surface area contributed by atoms with Crippen LogP contribution < -0.4 is 15.4 Å². The maximum Gasteiger partial charge on any atom is 0.424 e. The normalized spacial score (nSPS) is 14.3. The summed E-state index contributed by atoms with van der Waals surface area (Å²) in [5.41, 5.74) is 7.72. The molecule has 18 heteroatoms. The Balaban J connectivity index is 1.30. The van der Waals surface area contributed by atoms with Crippen LogP contribution in [0.4, 0.5) is 38.4 Å². The molecule has 0 bridgehead atoms. The second kappa shape index (κ2) is 17.4. The van der Waals surface area contributed by atoms with Crippen LogP contribution in [0.3, 0.4) is 0 Å². The molecule has 2 N–H and O–H groups in total. The topological polar surface area (TPSA) is 159 Å². The molecule has 60 heavy (non-hydrogen) atoms. The number of likely N-dealkylation sites (tertiary alicyclic amines) is 1. The number of halogens is 5. The summed E-state index contributed by atoms with van der Waals surface area (Å²) in [5, 5.41) is 4.36. The molecule has 6 rings (SSSR count). The van der Waals surface area contributed by atoms with Gasteiger partial charge in [0.1, 0.15) is 29.6 Å². The maximum absolute atomic E-state index is 13.8. The zero-order valence-electron chi connectivity index (χ0n) is 32.9. The summed E-state index contributed by atoms with van der Waals surface area (Å²) >= 11 is 0. The van der Waals surface area contributed by atoms with Gasteiger partial charge in [-0.25, -0.2) is 23.0 Å². The Bertz CT molecular complexity index is 2380. The Morgan fingerprint density at radius 2 is 1.60 bits per heavy atom. The van der Waals surface area contributed by atoms with E-state index in [1.165, 1.54) is 28.9 Å². The minimum atomic E-state index is -4.84. The van der Waals surface area contributed by atoms with Gasteiger partial charge in [-0.15, -0.1) is 5.10 Å². The summed E-state index contributed by atoms with van der Waals surface area (Å²) in [6.45, 7) is 3.67. The smallest absolute Gasteiger partial charge is 0.424 e. The number of alkyl halides is 4. The van der Waals surface area contributed by atoms with E-state index in [0.717, 1.165) is 28.2 Å². The summed E-state index contributed by atoms with van der Waals surface area (Å²) in [4.78, 5) is 58.7. The first kappa shape index (κ1) is 43.2. The van der Waals surface area contributed by atoms with Crippen LogP contribution in [0, 0.1) is 11.2 Å². The molecule has 2 atom stereocenters. The number of fused-ring (bicyclic) bond motifs is 1. The number of amides is 2. The third-order valence-electron chi connectivity index (χ3n) is 9.76. The average molecular weight is 837 g/mol. The van der Waals surface area contributed by atoms with Gasteiger partial charge in [0.25, 0.3) is 11.9 Å². The molecule has 0 unspecified atom stereocenters. The molecule has 1 saturated heterocycles. The van der Waals surface area contributed by atoms with Gasteiger partial charge in [0, 0.05) is 24.1 Å². The summed E-state index contributed by atoms with van der Waals surface area (Å²) in [6.07, 6.45) is -5.72. The van der Waals surface area contributed by atoms with Gasteiger partial charge in [0.2, 0.25) is 6.79 Å². The van der Waals surface area contributed by atoms with Crippen molar-refractivity contribution in [2.24, 2.45) is 11.1 Å². The van der Waals surface area contributed by atoms with Crippen molar-refractivity contribution < 1.29 is 55.3 Å². The van der Waals surface area contributed by atoms with Crippen LogP contribution in [0.1, 0.15) is 55.1 Å². The van der Waals surface area contributed by atoms with E-state index in [4.69, 9.17) is 19.9 Å². The molecule has 316 valence electrons.